The molecule has 0 aromatic heterocycles. The van der Waals surface area contributed by atoms with E-state index in [2.05, 4.69) is 5.32 Å². The molecule has 1 fully saturated rings. The lowest BCUT2D eigenvalue weighted by atomic mass is 9.89. The Kier molecular flexibility index (Phi) is 6.57. The van der Waals surface area contributed by atoms with Crippen LogP contribution in [0.2, 0.25) is 0 Å². The van der Waals surface area contributed by atoms with Crippen molar-refractivity contribution in [2.45, 2.75) is 44.5 Å². The summed E-state index contributed by atoms with van der Waals surface area (Å²) in [5.41, 5.74) is -1.81. The molecular weight excluding hydrogens is 285 g/mol. The Hall–Kier alpha value is -0.530. The number of carbonyl (C=O) groups excluding carboxylic acids is 1. The molecule has 1 heterocycles. The van der Waals surface area contributed by atoms with Crippen LogP contribution in [0.5, 0.6) is 0 Å². The predicted octanol–water partition coefficient (Wildman–Crippen LogP) is 1.23. The van der Waals surface area contributed by atoms with Gasteiger partial charge in [-0.25, -0.2) is 0 Å². The molecule has 1 aliphatic rings. The van der Waals surface area contributed by atoms with Crippen LogP contribution < -0.4 is 10.6 Å². The Morgan fingerprint density at radius 1 is 1.32 bits per heavy atom. The molecule has 19 heavy (non-hydrogen) atoms. The van der Waals surface area contributed by atoms with Crippen molar-refractivity contribution in [2.24, 2.45) is 5.92 Å². The number of halogens is 4. The van der Waals surface area contributed by atoms with E-state index < -0.39 is 29.6 Å². The van der Waals surface area contributed by atoms with Gasteiger partial charge in [-0.3, -0.25) is 4.79 Å². The first-order chi connectivity index (χ1) is 8.12. The Morgan fingerprint density at radius 3 is 2.16 bits per heavy atom. The standard InChI is InChI=1S/C11H19F3N2O2.ClH/c1-10(2,18)9(17)16-8(11(12,13)14)7-3-5-15-6-4-7;/h7-8,15,18H,3-6H2,1-2H3,(H,16,17);1H. The molecule has 0 aliphatic carbocycles. The fourth-order valence-electron chi connectivity index (χ4n) is 1.96. The number of amides is 1. The molecule has 3 N–H and O–H groups in total. The Morgan fingerprint density at radius 2 is 1.79 bits per heavy atom. The van der Waals surface area contributed by atoms with E-state index in [1.807, 2.05) is 5.32 Å². The maximum absolute atomic E-state index is 12.9. The van der Waals surface area contributed by atoms with E-state index in [-0.39, 0.29) is 12.4 Å². The second kappa shape index (κ2) is 6.76. The van der Waals surface area contributed by atoms with Gasteiger partial charge < -0.3 is 15.7 Å². The van der Waals surface area contributed by atoms with Gasteiger partial charge in [0.05, 0.1) is 0 Å². The van der Waals surface area contributed by atoms with Crippen LogP contribution in [0.3, 0.4) is 0 Å². The van der Waals surface area contributed by atoms with Crippen molar-refractivity contribution in [1.82, 2.24) is 10.6 Å². The molecule has 1 saturated heterocycles. The smallest absolute Gasteiger partial charge is 0.381 e. The number of aliphatic hydroxyl groups is 1. The number of alkyl halides is 3. The van der Waals surface area contributed by atoms with Crippen molar-refractivity contribution in [3.63, 3.8) is 0 Å². The summed E-state index contributed by atoms with van der Waals surface area (Å²) in [6.45, 7) is 3.35. The Bertz CT molecular complexity index is 299. The van der Waals surface area contributed by atoms with Gasteiger partial charge in [0.1, 0.15) is 11.6 Å². The van der Waals surface area contributed by atoms with Crippen LogP contribution in [-0.2, 0) is 4.79 Å². The van der Waals surface area contributed by atoms with E-state index in [0.717, 1.165) is 13.8 Å². The molecular formula is C11H20ClF3N2O2. The van der Waals surface area contributed by atoms with E-state index >= 15 is 0 Å². The number of nitrogens with one attached hydrogen (secondary N) is 2. The minimum atomic E-state index is -4.50. The van der Waals surface area contributed by atoms with Crippen LogP contribution in [0.25, 0.3) is 0 Å². The summed E-state index contributed by atoms with van der Waals surface area (Å²) < 4.78 is 38.8. The summed E-state index contributed by atoms with van der Waals surface area (Å²) in [7, 11) is 0. The number of hydrogen-bond donors (Lipinski definition) is 3. The van der Waals surface area contributed by atoms with Gasteiger partial charge in [-0.05, 0) is 45.7 Å². The van der Waals surface area contributed by atoms with Crippen LogP contribution >= 0.6 is 12.4 Å². The molecule has 8 heteroatoms. The van der Waals surface area contributed by atoms with Crippen molar-refractivity contribution in [1.29, 1.82) is 0 Å². The van der Waals surface area contributed by atoms with E-state index in [4.69, 9.17) is 0 Å². The van der Waals surface area contributed by atoms with Gasteiger partial charge in [0.15, 0.2) is 0 Å². The SMILES string of the molecule is CC(C)(O)C(=O)NC(C1CCNCC1)C(F)(F)F.Cl. The highest BCUT2D eigenvalue weighted by molar-refractivity contribution is 5.85. The lowest BCUT2D eigenvalue weighted by Gasteiger charge is -2.34. The first kappa shape index (κ1) is 18.5. The van der Waals surface area contributed by atoms with E-state index in [0.29, 0.717) is 25.9 Å². The minimum Gasteiger partial charge on any atom is -0.381 e. The minimum absolute atomic E-state index is 0. The second-order valence-electron chi connectivity index (χ2n) is 5.14. The van der Waals surface area contributed by atoms with E-state index in [9.17, 15) is 23.1 Å². The van der Waals surface area contributed by atoms with Crippen LogP contribution in [-0.4, -0.2) is 41.9 Å². The van der Waals surface area contributed by atoms with Gasteiger partial charge in [-0.15, -0.1) is 12.4 Å². The average molecular weight is 305 g/mol. The molecule has 1 aliphatic heterocycles. The number of rotatable bonds is 3. The summed E-state index contributed by atoms with van der Waals surface area (Å²) in [5, 5.41) is 14.3. The van der Waals surface area contributed by atoms with Crippen LogP contribution in [0.15, 0.2) is 0 Å². The van der Waals surface area contributed by atoms with Crippen LogP contribution in [0.4, 0.5) is 13.2 Å². The van der Waals surface area contributed by atoms with Gasteiger partial charge in [-0.1, -0.05) is 0 Å². The number of piperidine rings is 1. The van der Waals surface area contributed by atoms with Gasteiger partial charge in [0, 0.05) is 0 Å². The first-order valence-corrected chi connectivity index (χ1v) is 5.93. The van der Waals surface area contributed by atoms with Crippen molar-refractivity contribution in [3.05, 3.63) is 0 Å². The molecule has 0 aromatic carbocycles. The van der Waals surface area contributed by atoms with Crippen molar-refractivity contribution in [2.75, 3.05) is 13.1 Å². The maximum Gasteiger partial charge on any atom is 0.408 e. The van der Waals surface area contributed by atoms with Gasteiger partial charge in [-0.2, -0.15) is 13.2 Å². The molecule has 0 aromatic rings. The highest BCUT2D eigenvalue weighted by Gasteiger charge is 2.46. The zero-order valence-electron chi connectivity index (χ0n) is 10.9. The summed E-state index contributed by atoms with van der Waals surface area (Å²) in [4.78, 5) is 11.5. The third-order valence-electron chi connectivity index (χ3n) is 3.05. The quantitative estimate of drug-likeness (QED) is 0.735. The van der Waals surface area contributed by atoms with Gasteiger partial charge >= 0.3 is 6.18 Å². The molecule has 0 saturated carbocycles. The zero-order chi connectivity index (χ0) is 14.0. The number of carbonyl (C=O) groups is 1. The maximum atomic E-state index is 12.9. The van der Waals surface area contributed by atoms with Crippen LogP contribution in [0, 0.1) is 5.92 Å². The predicted molar refractivity (Wildman–Crippen MR) is 67.1 cm³/mol. The molecule has 1 unspecified atom stereocenters. The lowest BCUT2D eigenvalue weighted by molar-refractivity contribution is -0.177. The molecule has 1 amide bonds. The van der Waals surface area contributed by atoms with Crippen molar-refractivity contribution >= 4 is 18.3 Å². The van der Waals surface area contributed by atoms with Crippen molar-refractivity contribution in [3.8, 4) is 0 Å². The zero-order valence-corrected chi connectivity index (χ0v) is 11.7. The Labute approximate surface area is 116 Å². The molecule has 0 radical (unpaired) electrons. The molecule has 1 atom stereocenters. The third-order valence-corrected chi connectivity index (χ3v) is 3.05. The molecule has 0 bridgehead atoms. The second-order valence-corrected chi connectivity index (χ2v) is 5.14. The van der Waals surface area contributed by atoms with E-state index in [1.165, 1.54) is 0 Å². The normalized spacial score (nSPS) is 19.5. The van der Waals surface area contributed by atoms with Gasteiger partial charge in [0.2, 0.25) is 0 Å². The topological polar surface area (TPSA) is 61.4 Å². The first-order valence-electron chi connectivity index (χ1n) is 5.93. The average Bonchev–Trinajstić information content (AvgIpc) is 2.23. The summed E-state index contributed by atoms with van der Waals surface area (Å²) in [6, 6.07) is -1.89. The number of hydrogen-bond acceptors (Lipinski definition) is 3. The monoisotopic (exact) mass is 304 g/mol. The molecule has 0 spiro atoms. The van der Waals surface area contributed by atoms with Crippen LogP contribution in [0.1, 0.15) is 26.7 Å². The third kappa shape index (κ3) is 5.54. The largest absolute Gasteiger partial charge is 0.408 e. The fourth-order valence-corrected chi connectivity index (χ4v) is 1.96. The summed E-state index contributed by atoms with van der Waals surface area (Å²) >= 11 is 0. The highest BCUT2D eigenvalue weighted by Crippen LogP contribution is 2.30. The summed E-state index contributed by atoms with van der Waals surface area (Å²) in [5.74, 6) is -1.64. The molecule has 4 nitrogen and oxygen atoms in total. The van der Waals surface area contributed by atoms with Gasteiger partial charge in [0.25, 0.3) is 5.91 Å². The van der Waals surface area contributed by atoms with E-state index in [1.54, 1.807) is 0 Å². The molecule has 1 rings (SSSR count). The van der Waals surface area contributed by atoms with Crippen molar-refractivity contribution < 1.29 is 23.1 Å². The Balaban J connectivity index is 0.00000324. The summed E-state index contributed by atoms with van der Waals surface area (Å²) in [6.07, 6.45) is -3.78. The molecule has 114 valence electrons. The lowest BCUT2D eigenvalue weighted by Crippen LogP contribution is -2.56. The fraction of sp³-hybridized carbons (Fsp3) is 0.909. The highest BCUT2D eigenvalue weighted by atomic mass is 35.5.